The van der Waals surface area contributed by atoms with Crippen molar-refractivity contribution in [3.05, 3.63) is 30.3 Å². The van der Waals surface area contributed by atoms with Crippen LogP contribution >= 0.6 is 0 Å². The predicted molar refractivity (Wildman–Crippen MR) is 95.9 cm³/mol. The average molecular weight is 392 g/mol. The number of aromatic nitrogens is 1. The van der Waals surface area contributed by atoms with Crippen LogP contribution in [0.3, 0.4) is 0 Å². The Labute approximate surface area is 159 Å². The third-order valence-corrected chi connectivity index (χ3v) is 7.71. The number of ketones is 1. The van der Waals surface area contributed by atoms with Gasteiger partial charge < -0.3 is 4.90 Å². The predicted octanol–water partition coefficient (Wildman–Crippen LogP) is -0.231. The van der Waals surface area contributed by atoms with Gasteiger partial charge in [0.2, 0.25) is 12.1 Å². The number of sulfonamides is 1. The van der Waals surface area contributed by atoms with E-state index in [-0.39, 0.29) is 23.3 Å². The second-order valence-electron chi connectivity index (χ2n) is 7.43. The van der Waals surface area contributed by atoms with E-state index in [1.54, 1.807) is 17.0 Å². The lowest BCUT2D eigenvalue weighted by molar-refractivity contribution is -0.678. The first-order chi connectivity index (χ1) is 12.9. The number of hydrogen-bond donors (Lipinski definition) is 1. The van der Waals surface area contributed by atoms with Crippen molar-refractivity contribution in [3.63, 3.8) is 0 Å². The molecule has 1 aromatic heterocycles. The van der Waals surface area contributed by atoms with Crippen molar-refractivity contribution < 1.29 is 22.7 Å². The highest BCUT2D eigenvalue weighted by Gasteiger charge is 2.55. The van der Waals surface area contributed by atoms with E-state index in [2.05, 4.69) is 0 Å². The minimum absolute atomic E-state index is 0.0649. The van der Waals surface area contributed by atoms with Crippen LogP contribution in [0.2, 0.25) is 0 Å². The second-order valence-corrected chi connectivity index (χ2v) is 9.26. The molecule has 1 aliphatic carbocycles. The zero-order valence-electron chi connectivity index (χ0n) is 15.1. The summed E-state index contributed by atoms with van der Waals surface area (Å²) in [7, 11) is -3.92. The Hall–Kier alpha value is -2.00. The van der Waals surface area contributed by atoms with Gasteiger partial charge in [0.1, 0.15) is 6.04 Å². The molecule has 9 heteroatoms. The number of Topliss-reactive ketones (excluding diaryl/α,β-unsaturated/α-hetero) is 1. The highest BCUT2D eigenvalue weighted by atomic mass is 32.2. The lowest BCUT2D eigenvalue weighted by Crippen LogP contribution is -2.52. The zero-order chi connectivity index (χ0) is 19.2. The highest BCUT2D eigenvalue weighted by Crippen LogP contribution is 2.36. The van der Waals surface area contributed by atoms with E-state index in [4.69, 9.17) is 5.84 Å². The molecule has 1 radical (unpaired) electrons. The van der Waals surface area contributed by atoms with Crippen molar-refractivity contribution in [3.8, 4) is 0 Å². The molecule has 1 amide bonds. The first kappa shape index (κ1) is 18.4. The number of hydrogen-bond acceptors (Lipinski definition) is 5. The molecule has 2 N–H and O–H groups in total. The van der Waals surface area contributed by atoms with Crippen molar-refractivity contribution >= 4 is 21.7 Å². The molecule has 3 heterocycles. The van der Waals surface area contributed by atoms with Gasteiger partial charge in [-0.3, -0.25) is 9.59 Å². The van der Waals surface area contributed by atoms with Gasteiger partial charge in [0.25, 0.3) is 0 Å². The summed E-state index contributed by atoms with van der Waals surface area (Å²) in [4.78, 5) is 27.2. The van der Waals surface area contributed by atoms with Crippen molar-refractivity contribution in [1.29, 1.82) is 0 Å². The Balaban J connectivity index is 1.59. The van der Waals surface area contributed by atoms with E-state index in [1.807, 2.05) is 0 Å². The molecular weight excluding hydrogens is 368 g/mol. The normalized spacial score (nSPS) is 27.1. The molecule has 3 fully saturated rings. The number of nitrogens with zero attached hydrogens (tertiary/aromatic N) is 3. The highest BCUT2D eigenvalue weighted by molar-refractivity contribution is 7.89. The summed E-state index contributed by atoms with van der Waals surface area (Å²) in [6.45, 7) is 0.193. The fourth-order valence-electron chi connectivity index (χ4n) is 4.50. The monoisotopic (exact) mass is 392 g/mol. The lowest BCUT2D eigenvalue weighted by atomic mass is 9.88. The first-order valence-corrected chi connectivity index (χ1v) is 10.8. The number of fused-ring (bicyclic) bond motifs is 1. The van der Waals surface area contributed by atoms with Crippen LogP contribution in [-0.2, 0) is 19.6 Å². The number of amides is 1. The van der Waals surface area contributed by atoms with E-state index < -0.39 is 22.1 Å². The molecule has 2 atom stereocenters. The number of nitrogens with two attached hydrogens (primary N) is 1. The summed E-state index contributed by atoms with van der Waals surface area (Å²) in [5.74, 6) is 6.37. The SMILES string of the molecule is N[n+]1ccccc1S(=O)(=O)N1CC(=O)C2C1CCN2C(=O)[C]1CCCCC1. The topological polar surface area (TPSA) is 105 Å². The van der Waals surface area contributed by atoms with Crippen LogP contribution in [0.1, 0.15) is 38.5 Å². The van der Waals surface area contributed by atoms with Gasteiger partial charge in [0.15, 0.2) is 5.78 Å². The first-order valence-electron chi connectivity index (χ1n) is 9.37. The summed E-state index contributed by atoms with van der Waals surface area (Å²) < 4.78 is 28.4. The Morgan fingerprint density at radius 3 is 2.63 bits per heavy atom. The van der Waals surface area contributed by atoms with Gasteiger partial charge in [-0.2, -0.15) is 4.31 Å². The van der Waals surface area contributed by atoms with Crippen molar-refractivity contribution in [1.82, 2.24) is 9.21 Å². The smallest absolute Gasteiger partial charge is 0.330 e. The van der Waals surface area contributed by atoms with Gasteiger partial charge in [-0.05, 0) is 25.3 Å². The minimum atomic E-state index is -3.92. The molecule has 2 saturated heterocycles. The Kier molecular flexibility index (Phi) is 4.67. The number of likely N-dealkylation sites (tertiary alicyclic amines) is 1. The minimum Gasteiger partial charge on any atom is -0.330 e. The number of carbonyl (C=O) groups is 2. The maximum Gasteiger partial charge on any atom is 0.340 e. The molecule has 1 aromatic rings. The Bertz CT molecular complexity index is 866. The molecule has 0 spiro atoms. The van der Waals surface area contributed by atoms with Gasteiger partial charge in [-0.1, -0.05) is 23.9 Å². The molecule has 27 heavy (non-hydrogen) atoms. The number of nitrogen functional groups attached to an aromatic ring is 1. The lowest BCUT2D eigenvalue weighted by Gasteiger charge is -2.29. The summed E-state index contributed by atoms with van der Waals surface area (Å²) in [5.41, 5.74) is 0. The van der Waals surface area contributed by atoms with Crippen LogP contribution in [0.25, 0.3) is 0 Å². The van der Waals surface area contributed by atoms with Gasteiger partial charge in [0.05, 0.1) is 18.5 Å². The largest absolute Gasteiger partial charge is 0.340 e. The summed E-state index contributed by atoms with van der Waals surface area (Å²) in [5, 5.41) is -0.0649. The number of pyridine rings is 1. The van der Waals surface area contributed by atoms with Crippen LogP contribution in [0, 0.1) is 5.92 Å². The quantitative estimate of drug-likeness (QED) is 0.565. The fraction of sp³-hybridized carbons (Fsp3) is 0.556. The Morgan fingerprint density at radius 1 is 1.19 bits per heavy atom. The van der Waals surface area contributed by atoms with E-state index in [9.17, 15) is 18.0 Å². The standard InChI is InChI=1S/C18H24N4O4S/c19-21-10-5-4-8-16(21)27(25,26)22-12-15(23)17-14(22)9-11-20(17)18(24)13-6-2-1-3-7-13/h4-5,8,10,14,17H,1-3,6-7,9,11-12,19H2/q+1. The van der Waals surface area contributed by atoms with Crippen LogP contribution in [0.15, 0.2) is 29.4 Å². The average Bonchev–Trinajstić information content (AvgIpc) is 3.24. The van der Waals surface area contributed by atoms with Crippen molar-refractivity contribution in [2.24, 2.45) is 0 Å². The Morgan fingerprint density at radius 2 is 1.93 bits per heavy atom. The van der Waals surface area contributed by atoms with Crippen LogP contribution in [0.5, 0.6) is 0 Å². The third-order valence-electron chi connectivity index (χ3n) is 5.82. The molecule has 0 bridgehead atoms. The van der Waals surface area contributed by atoms with Gasteiger partial charge in [-0.25, -0.2) is 14.3 Å². The molecule has 8 nitrogen and oxygen atoms in total. The molecule has 2 aliphatic heterocycles. The third kappa shape index (κ3) is 3.02. The molecule has 1 saturated carbocycles. The summed E-state index contributed by atoms with van der Waals surface area (Å²) >= 11 is 0. The summed E-state index contributed by atoms with van der Waals surface area (Å²) in [6.07, 6.45) is 6.60. The van der Waals surface area contributed by atoms with E-state index in [1.165, 1.54) is 16.6 Å². The summed E-state index contributed by atoms with van der Waals surface area (Å²) in [6, 6.07) is 3.44. The van der Waals surface area contributed by atoms with Crippen molar-refractivity contribution in [2.45, 2.75) is 55.6 Å². The molecule has 3 aliphatic rings. The molecule has 0 aromatic carbocycles. The fourth-order valence-corrected chi connectivity index (χ4v) is 6.19. The molecule has 145 valence electrons. The van der Waals surface area contributed by atoms with Gasteiger partial charge in [-0.15, -0.1) is 0 Å². The van der Waals surface area contributed by atoms with Gasteiger partial charge in [0, 0.05) is 18.7 Å². The van der Waals surface area contributed by atoms with Crippen LogP contribution < -0.4 is 10.5 Å². The van der Waals surface area contributed by atoms with E-state index in [0.717, 1.165) is 42.7 Å². The zero-order valence-corrected chi connectivity index (χ0v) is 15.9. The number of rotatable bonds is 3. The maximum absolute atomic E-state index is 13.1. The van der Waals surface area contributed by atoms with Gasteiger partial charge >= 0.3 is 15.0 Å². The second kappa shape index (κ2) is 6.87. The van der Waals surface area contributed by atoms with E-state index >= 15 is 0 Å². The van der Waals surface area contributed by atoms with Crippen LogP contribution in [0.4, 0.5) is 0 Å². The van der Waals surface area contributed by atoms with E-state index in [0.29, 0.717) is 13.0 Å². The van der Waals surface area contributed by atoms with Crippen LogP contribution in [-0.4, -0.2) is 54.5 Å². The van der Waals surface area contributed by atoms with Crippen molar-refractivity contribution in [2.75, 3.05) is 18.9 Å². The number of carbonyl (C=O) groups excluding carboxylic acids is 2. The molecule has 2 unspecified atom stereocenters. The molecule has 4 rings (SSSR count). The maximum atomic E-state index is 13.1. The molecular formula is C18H24N4O4S+.